The predicted molar refractivity (Wildman–Crippen MR) is 62.0 cm³/mol. The molecule has 2 nitrogen and oxygen atoms in total. The molecule has 0 saturated carbocycles. The maximum absolute atomic E-state index is 5.70. The van der Waals surface area contributed by atoms with Gasteiger partial charge < -0.3 is 4.90 Å². The van der Waals surface area contributed by atoms with Crippen molar-refractivity contribution in [2.45, 2.75) is 32.2 Å². The summed E-state index contributed by atoms with van der Waals surface area (Å²) in [6, 6.07) is 4.56. The Balaban J connectivity index is 2.75. The van der Waals surface area contributed by atoms with Crippen molar-refractivity contribution >= 4 is 17.4 Å². The zero-order valence-electron chi connectivity index (χ0n) is 9.00. The van der Waals surface area contributed by atoms with Crippen molar-refractivity contribution in [1.82, 2.24) is 4.98 Å². The Kier molecular flexibility index (Phi) is 4.21. The zero-order chi connectivity index (χ0) is 10.6. The third-order valence-electron chi connectivity index (χ3n) is 2.58. The molecule has 78 valence electrons. The van der Waals surface area contributed by atoms with Crippen molar-refractivity contribution in [3.05, 3.63) is 23.9 Å². The van der Waals surface area contributed by atoms with Gasteiger partial charge in [-0.1, -0.05) is 13.0 Å². The maximum Gasteiger partial charge on any atom is 0.128 e. The molecule has 1 rings (SSSR count). The first-order valence-corrected chi connectivity index (χ1v) is 5.46. The molecule has 14 heavy (non-hydrogen) atoms. The van der Waals surface area contributed by atoms with Crippen molar-refractivity contribution < 1.29 is 0 Å². The van der Waals surface area contributed by atoms with Gasteiger partial charge in [-0.25, -0.2) is 4.98 Å². The summed E-state index contributed by atoms with van der Waals surface area (Å²) in [7, 11) is 2.07. The number of halogens is 1. The van der Waals surface area contributed by atoms with Crippen LogP contribution in [0.1, 0.15) is 25.8 Å². The van der Waals surface area contributed by atoms with Gasteiger partial charge in [0.1, 0.15) is 5.82 Å². The van der Waals surface area contributed by atoms with Crippen LogP contribution in [0.3, 0.4) is 0 Å². The molecule has 0 bridgehead atoms. The average Bonchev–Trinajstić information content (AvgIpc) is 2.27. The minimum Gasteiger partial charge on any atom is -0.357 e. The smallest absolute Gasteiger partial charge is 0.128 e. The molecule has 0 spiro atoms. The highest BCUT2D eigenvalue weighted by Gasteiger charge is 2.08. The minimum absolute atomic E-state index is 0.518. The molecule has 0 aliphatic rings. The molecule has 1 unspecified atom stereocenters. The molecule has 0 radical (unpaired) electrons. The van der Waals surface area contributed by atoms with E-state index in [1.54, 1.807) is 0 Å². The van der Waals surface area contributed by atoms with Gasteiger partial charge in [0.05, 0.1) is 0 Å². The summed E-state index contributed by atoms with van der Waals surface area (Å²) in [6.45, 7) is 4.37. The summed E-state index contributed by atoms with van der Waals surface area (Å²) in [5.74, 6) is 1.54. The number of pyridine rings is 1. The lowest BCUT2D eigenvalue weighted by molar-refractivity contribution is 0.657. The van der Waals surface area contributed by atoms with Gasteiger partial charge in [0.15, 0.2) is 0 Å². The number of hydrogen-bond donors (Lipinski definition) is 0. The SMILES string of the molecule is CCC(C)N(C)c1ccc(CCl)cn1. The first kappa shape index (κ1) is 11.3. The van der Waals surface area contributed by atoms with Crippen LogP contribution < -0.4 is 4.90 Å². The molecule has 1 heterocycles. The highest BCUT2D eigenvalue weighted by atomic mass is 35.5. The van der Waals surface area contributed by atoms with Crippen LogP contribution in [-0.4, -0.2) is 18.1 Å². The Morgan fingerprint density at radius 2 is 2.21 bits per heavy atom. The molecule has 1 atom stereocenters. The van der Waals surface area contributed by atoms with Crippen molar-refractivity contribution in [2.24, 2.45) is 0 Å². The fourth-order valence-corrected chi connectivity index (χ4v) is 1.36. The Bertz CT molecular complexity index is 271. The molecule has 0 aliphatic carbocycles. The monoisotopic (exact) mass is 212 g/mol. The minimum atomic E-state index is 0.518. The summed E-state index contributed by atoms with van der Waals surface area (Å²) >= 11 is 5.70. The molecule has 0 saturated heterocycles. The van der Waals surface area contributed by atoms with Gasteiger partial charge in [0, 0.05) is 25.2 Å². The topological polar surface area (TPSA) is 16.1 Å². The maximum atomic E-state index is 5.70. The molecule has 3 heteroatoms. The van der Waals surface area contributed by atoms with Crippen LogP contribution >= 0.6 is 11.6 Å². The van der Waals surface area contributed by atoms with Gasteiger partial charge in [0.25, 0.3) is 0 Å². The van der Waals surface area contributed by atoms with Gasteiger partial charge in [-0.05, 0) is 25.0 Å². The van der Waals surface area contributed by atoms with Gasteiger partial charge >= 0.3 is 0 Å². The number of anilines is 1. The van der Waals surface area contributed by atoms with E-state index in [4.69, 9.17) is 11.6 Å². The standard InChI is InChI=1S/C11H17ClN2/c1-4-9(2)14(3)11-6-5-10(7-12)8-13-11/h5-6,8-9H,4,7H2,1-3H3. The zero-order valence-corrected chi connectivity index (χ0v) is 9.75. The van der Waals surface area contributed by atoms with E-state index in [1.165, 1.54) is 0 Å². The molecule has 0 amide bonds. The van der Waals surface area contributed by atoms with E-state index in [-0.39, 0.29) is 0 Å². The van der Waals surface area contributed by atoms with E-state index in [0.29, 0.717) is 11.9 Å². The van der Waals surface area contributed by atoms with Crippen LogP contribution in [0.25, 0.3) is 0 Å². The van der Waals surface area contributed by atoms with Crippen LogP contribution in [0.5, 0.6) is 0 Å². The van der Waals surface area contributed by atoms with Crippen LogP contribution in [0.4, 0.5) is 5.82 Å². The van der Waals surface area contributed by atoms with Crippen molar-refractivity contribution in [1.29, 1.82) is 0 Å². The van der Waals surface area contributed by atoms with Gasteiger partial charge in [-0.3, -0.25) is 0 Å². The van der Waals surface area contributed by atoms with Gasteiger partial charge in [-0.15, -0.1) is 11.6 Å². The van der Waals surface area contributed by atoms with Crippen LogP contribution in [-0.2, 0) is 5.88 Å². The second kappa shape index (κ2) is 5.20. The van der Waals surface area contributed by atoms with E-state index in [2.05, 4.69) is 30.8 Å². The van der Waals surface area contributed by atoms with E-state index in [1.807, 2.05) is 18.3 Å². The number of alkyl halides is 1. The second-order valence-electron chi connectivity index (χ2n) is 3.53. The quantitative estimate of drug-likeness (QED) is 0.714. The van der Waals surface area contributed by atoms with Crippen LogP contribution in [0, 0.1) is 0 Å². The average molecular weight is 213 g/mol. The van der Waals surface area contributed by atoms with E-state index >= 15 is 0 Å². The molecular weight excluding hydrogens is 196 g/mol. The normalized spacial score (nSPS) is 12.6. The lowest BCUT2D eigenvalue weighted by Gasteiger charge is -2.24. The molecule has 0 fully saturated rings. The van der Waals surface area contributed by atoms with Crippen LogP contribution in [0.15, 0.2) is 18.3 Å². The second-order valence-corrected chi connectivity index (χ2v) is 3.79. The first-order chi connectivity index (χ1) is 6.69. The summed E-state index contributed by atoms with van der Waals surface area (Å²) < 4.78 is 0. The van der Waals surface area contributed by atoms with Crippen molar-refractivity contribution in [2.75, 3.05) is 11.9 Å². The number of hydrogen-bond acceptors (Lipinski definition) is 2. The van der Waals surface area contributed by atoms with E-state index < -0.39 is 0 Å². The summed E-state index contributed by atoms with van der Waals surface area (Å²) in [5, 5.41) is 0. The molecule has 1 aromatic rings. The van der Waals surface area contributed by atoms with E-state index in [9.17, 15) is 0 Å². The van der Waals surface area contributed by atoms with E-state index in [0.717, 1.165) is 17.8 Å². The molecule has 1 aromatic heterocycles. The van der Waals surface area contributed by atoms with Gasteiger partial charge in [0.2, 0.25) is 0 Å². The molecular formula is C11H17ClN2. The first-order valence-electron chi connectivity index (χ1n) is 4.92. The summed E-state index contributed by atoms with van der Waals surface area (Å²) in [5.41, 5.74) is 1.06. The third-order valence-corrected chi connectivity index (χ3v) is 2.89. The summed E-state index contributed by atoms with van der Waals surface area (Å²) in [6.07, 6.45) is 2.96. The van der Waals surface area contributed by atoms with Gasteiger partial charge in [-0.2, -0.15) is 0 Å². The molecule has 0 N–H and O–H groups in total. The Labute approximate surface area is 90.9 Å². The Morgan fingerprint density at radius 1 is 1.50 bits per heavy atom. The number of nitrogens with zero attached hydrogens (tertiary/aromatic N) is 2. The number of rotatable bonds is 4. The highest BCUT2D eigenvalue weighted by Crippen LogP contribution is 2.14. The Morgan fingerprint density at radius 3 is 2.64 bits per heavy atom. The molecule has 0 aromatic carbocycles. The third kappa shape index (κ3) is 2.61. The Hall–Kier alpha value is -0.760. The summed E-state index contributed by atoms with van der Waals surface area (Å²) in [4.78, 5) is 6.54. The highest BCUT2D eigenvalue weighted by molar-refractivity contribution is 6.17. The lowest BCUT2D eigenvalue weighted by atomic mass is 10.2. The molecule has 0 aliphatic heterocycles. The van der Waals surface area contributed by atoms with Crippen molar-refractivity contribution in [3.8, 4) is 0 Å². The van der Waals surface area contributed by atoms with Crippen molar-refractivity contribution in [3.63, 3.8) is 0 Å². The van der Waals surface area contributed by atoms with Crippen LogP contribution in [0.2, 0.25) is 0 Å². The predicted octanol–water partition coefficient (Wildman–Crippen LogP) is 3.06. The largest absolute Gasteiger partial charge is 0.357 e. The fraction of sp³-hybridized carbons (Fsp3) is 0.545. The lowest BCUT2D eigenvalue weighted by Crippen LogP contribution is -2.28. The fourth-order valence-electron chi connectivity index (χ4n) is 1.20. The number of aromatic nitrogens is 1.